The fourth-order valence-electron chi connectivity index (χ4n) is 5.28. The van der Waals surface area contributed by atoms with Gasteiger partial charge in [0.05, 0.1) is 6.61 Å². The van der Waals surface area contributed by atoms with Crippen LogP contribution >= 0.6 is 0 Å². The Bertz CT molecular complexity index is 1200. The number of halogens is 2. The fourth-order valence-corrected chi connectivity index (χ4v) is 5.28. The number of piperazine rings is 1. The average molecular weight is 513 g/mol. The van der Waals surface area contributed by atoms with E-state index in [1.54, 1.807) is 6.20 Å². The van der Waals surface area contributed by atoms with Crippen molar-refractivity contribution in [3.63, 3.8) is 0 Å². The van der Waals surface area contributed by atoms with Gasteiger partial charge in [0.25, 0.3) is 5.91 Å². The molecular formula is C27H34F2N6O2. The summed E-state index contributed by atoms with van der Waals surface area (Å²) in [6, 6.07) is 8.15. The zero-order valence-electron chi connectivity index (χ0n) is 21.2. The average Bonchev–Trinajstić information content (AvgIpc) is 3.30. The Morgan fingerprint density at radius 2 is 1.84 bits per heavy atom. The maximum Gasteiger partial charge on any atom is 0.345 e. The van der Waals surface area contributed by atoms with Crippen LogP contribution in [0.4, 0.5) is 14.7 Å². The Balaban J connectivity index is 1.40. The van der Waals surface area contributed by atoms with Crippen LogP contribution in [0, 0.1) is 0 Å². The van der Waals surface area contributed by atoms with Crippen molar-refractivity contribution in [1.29, 1.82) is 0 Å². The summed E-state index contributed by atoms with van der Waals surface area (Å²) < 4.78 is 31.1. The van der Waals surface area contributed by atoms with Crippen molar-refractivity contribution in [1.82, 2.24) is 24.3 Å². The third kappa shape index (κ3) is 5.91. The molecule has 198 valence electrons. The van der Waals surface area contributed by atoms with E-state index in [1.807, 2.05) is 29.2 Å². The molecule has 1 aromatic carbocycles. The highest BCUT2D eigenvalue weighted by molar-refractivity contribution is 5.97. The van der Waals surface area contributed by atoms with Crippen molar-refractivity contribution < 1.29 is 18.3 Å². The van der Waals surface area contributed by atoms with Gasteiger partial charge in [-0.1, -0.05) is 31.4 Å². The molecule has 0 atom stereocenters. The van der Waals surface area contributed by atoms with E-state index in [0.717, 1.165) is 61.2 Å². The monoisotopic (exact) mass is 512 g/mol. The molecule has 0 radical (unpaired) electrons. The molecule has 10 heteroatoms. The second-order valence-electron chi connectivity index (χ2n) is 9.90. The van der Waals surface area contributed by atoms with E-state index in [9.17, 15) is 13.6 Å². The highest BCUT2D eigenvalue weighted by Crippen LogP contribution is 2.36. The second-order valence-corrected chi connectivity index (χ2v) is 9.90. The van der Waals surface area contributed by atoms with Gasteiger partial charge in [-0.05, 0) is 37.6 Å². The quantitative estimate of drug-likeness (QED) is 0.443. The first-order valence-corrected chi connectivity index (χ1v) is 13.1. The standard InChI is InChI=1S/C27H34F2N6O2/c1-33-12-14-34(15-13-33)25(36)20-9-7-19(8-10-20)23-18-35(21-5-3-2-4-6-21)24-22(23)17-31-27(32-24)30-11-16-37-26(28)29/h7-10,17-18,21,26H,2-6,11-16H2,1H3,(H,30,31,32). The summed E-state index contributed by atoms with van der Waals surface area (Å²) in [6.07, 6.45) is 9.74. The van der Waals surface area contributed by atoms with Crippen LogP contribution in [0.2, 0.25) is 0 Å². The number of ether oxygens (including phenoxy) is 1. The number of fused-ring (bicyclic) bond motifs is 1. The first-order chi connectivity index (χ1) is 18.0. The number of nitrogens with zero attached hydrogens (tertiary/aromatic N) is 5. The fraction of sp³-hybridized carbons (Fsp3) is 0.519. The molecule has 3 heterocycles. The minimum Gasteiger partial charge on any atom is -0.352 e. The summed E-state index contributed by atoms with van der Waals surface area (Å²) in [5, 5.41) is 3.91. The van der Waals surface area contributed by atoms with Crippen LogP contribution in [0.25, 0.3) is 22.2 Å². The van der Waals surface area contributed by atoms with Crippen molar-refractivity contribution >= 4 is 22.9 Å². The van der Waals surface area contributed by atoms with E-state index in [0.29, 0.717) is 17.6 Å². The topological polar surface area (TPSA) is 75.5 Å². The zero-order chi connectivity index (χ0) is 25.8. The number of carbonyl (C=O) groups is 1. The molecule has 1 saturated heterocycles. The van der Waals surface area contributed by atoms with Gasteiger partial charge in [0.1, 0.15) is 5.65 Å². The Morgan fingerprint density at radius 1 is 1.11 bits per heavy atom. The maximum absolute atomic E-state index is 13.0. The molecule has 1 aliphatic carbocycles. The lowest BCUT2D eigenvalue weighted by molar-refractivity contribution is -0.125. The lowest BCUT2D eigenvalue weighted by Crippen LogP contribution is -2.47. The molecule has 8 nitrogen and oxygen atoms in total. The van der Waals surface area contributed by atoms with Gasteiger partial charge in [-0.25, -0.2) is 4.98 Å². The highest BCUT2D eigenvalue weighted by Gasteiger charge is 2.23. The molecule has 37 heavy (non-hydrogen) atoms. The Morgan fingerprint density at radius 3 is 2.54 bits per heavy atom. The lowest BCUT2D eigenvalue weighted by Gasteiger charge is -2.32. The van der Waals surface area contributed by atoms with Crippen molar-refractivity contribution in [3.05, 3.63) is 42.2 Å². The molecule has 2 aliphatic rings. The van der Waals surface area contributed by atoms with Gasteiger partial charge in [-0.3, -0.25) is 4.79 Å². The van der Waals surface area contributed by atoms with Crippen molar-refractivity contribution in [2.24, 2.45) is 0 Å². The number of alkyl halides is 2. The summed E-state index contributed by atoms with van der Waals surface area (Å²) >= 11 is 0. The van der Waals surface area contributed by atoms with Crippen molar-refractivity contribution in [2.45, 2.75) is 44.8 Å². The van der Waals surface area contributed by atoms with Crippen LogP contribution in [0.3, 0.4) is 0 Å². The van der Waals surface area contributed by atoms with Crippen LogP contribution in [-0.2, 0) is 4.74 Å². The molecule has 0 bridgehead atoms. The minimum absolute atomic E-state index is 0.0687. The van der Waals surface area contributed by atoms with Crippen LogP contribution in [0.15, 0.2) is 36.7 Å². The van der Waals surface area contributed by atoms with Gasteiger partial charge in [0.15, 0.2) is 0 Å². The van der Waals surface area contributed by atoms with Crippen molar-refractivity contribution in [2.75, 3.05) is 51.7 Å². The van der Waals surface area contributed by atoms with Gasteiger partial charge in [-0.2, -0.15) is 13.8 Å². The number of carbonyl (C=O) groups excluding carboxylic acids is 1. The Labute approximate surface area is 215 Å². The van der Waals surface area contributed by atoms with Gasteiger partial charge in [-0.15, -0.1) is 0 Å². The molecule has 1 aliphatic heterocycles. The van der Waals surface area contributed by atoms with Gasteiger partial charge in [0, 0.05) is 67.7 Å². The first kappa shape index (κ1) is 25.5. The predicted octanol–water partition coefficient (Wildman–Crippen LogP) is 4.64. The second kappa shape index (κ2) is 11.5. The van der Waals surface area contributed by atoms with E-state index < -0.39 is 6.61 Å². The number of benzene rings is 1. The van der Waals surface area contributed by atoms with E-state index in [-0.39, 0.29) is 19.1 Å². The van der Waals surface area contributed by atoms with Crippen LogP contribution in [0.1, 0.15) is 48.5 Å². The van der Waals surface area contributed by atoms with E-state index in [2.05, 4.69) is 37.7 Å². The lowest BCUT2D eigenvalue weighted by atomic mass is 9.95. The number of aromatic nitrogens is 3. The summed E-state index contributed by atoms with van der Waals surface area (Å²) in [5.41, 5.74) is 3.54. The number of amides is 1. The maximum atomic E-state index is 13.0. The third-order valence-electron chi connectivity index (χ3n) is 7.40. The SMILES string of the molecule is CN1CCN(C(=O)c2ccc(-c3cn(C4CCCCC4)c4nc(NCCOC(F)F)ncc34)cc2)CC1. The summed E-state index contributed by atoms with van der Waals surface area (Å²) in [7, 11) is 2.07. The molecule has 0 unspecified atom stereocenters. The zero-order valence-corrected chi connectivity index (χ0v) is 21.2. The number of hydrogen-bond acceptors (Lipinski definition) is 6. The number of likely N-dealkylation sites (N-methyl/N-ethyl adjacent to an activating group) is 1. The largest absolute Gasteiger partial charge is 0.352 e. The normalized spacial score (nSPS) is 17.6. The van der Waals surface area contributed by atoms with Gasteiger partial charge >= 0.3 is 6.61 Å². The summed E-state index contributed by atoms with van der Waals surface area (Å²) in [4.78, 5) is 26.3. The molecule has 0 spiro atoms. The molecule has 3 aromatic rings. The van der Waals surface area contributed by atoms with Crippen molar-refractivity contribution in [3.8, 4) is 11.1 Å². The first-order valence-electron chi connectivity index (χ1n) is 13.1. The van der Waals surface area contributed by atoms with E-state index in [1.165, 1.54) is 19.3 Å². The molecule has 1 N–H and O–H groups in total. The summed E-state index contributed by atoms with van der Waals surface area (Å²) in [5.74, 6) is 0.458. The van der Waals surface area contributed by atoms with E-state index >= 15 is 0 Å². The molecule has 5 rings (SSSR count). The third-order valence-corrected chi connectivity index (χ3v) is 7.40. The molecule has 1 saturated carbocycles. The van der Waals surface area contributed by atoms with Crippen LogP contribution in [-0.4, -0.2) is 83.2 Å². The Hall–Kier alpha value is -3.11. The van der Waals surface area contributed by atoms with Gasteiger partial charge in [0.2, 0.25) is 5.95 Å². The molecule has 2 fully saturated rings. The Kier molecular flexibility index (Phi) is 7.95. The molecular weight excluding hydrogens is 478 g/mol. The van der Waals surface area contributed by atoms with Crippen LogP contribution < -0.4 is 5.32 Å². The number of anilines is 1. The van der Waals surface area contributed by atoms with Gasteiger partial charge < -0.3 is 24.4 Å². The predicted molar refractivity (Wildman–Crippen MR) is 139 cm³/mol. The number of hydrogen-bond donors (Lipinski definition) is 1. The van der Waals surface area contributed by atoms with Crippen LogP contribution in [0.5, 0.6) is 0 Å². The molecule has 2 aromatic heterocycles. The summed E-state index contributed by atoms with van der Waals surface area (Å²) in [6.45, 7) is 0.533. The smallest absolute Gasteiger partial charge is 0.345 e. The number of nitrogens with one attached hydrogen (secondary N) is 1. The minimum atomic E-state index is -2.79. The highest BCUT2D eigenvalue weighted by atomic mass is 19.3. The molecule has 1 amide bonds. The van der Waals surface area contributed by atoms with E-state index in [4.69, 9.17) is 4.98 Å². The number of rotatable bonds is 8.